The lowest BCUT2D eigenvalue weighted by atomic mass is 10.2. The molecule has 1 heterocycles. The monoisotopic (exact) mass is 275 g/mol. The van der Waals surface area contributed by atoms with Crippen LogP contribution in [-0.2, 0) is 17.8 Å². The van der Waals surface area contributed by atoms with Crippen molar-refractivity contribution < 1.29 is 4.74 Å². The summed E-state index contributed by atoms with van der Waals surface area (Å²) in [6.45, 7) is 9.64. The van der Waals surface area contributed by atoms with Crippen LogP contribution in [0.1, 0.15) is 32.9 Å². The lowest BCUT2D eigenvalue weighted by molar-refractivity contribution is 0.0715. The van der Waals surface area contributed by atoms with Gasteiger partial charge in [-0.1, -0.05) is 25.1 Å². The number of nitrogens with zero attached hydrogens (tertiary/aromatic N) is 2. The van der Waals surface area contributed by atoms with Gasteiger partial charge < -0.3 is 10.1 Å². The normalized spacial score (nSPS) is 11.6. The molecule has 0 saturated heterocycles. The maximum absolute atomic E-state index is 5.63. The highest BCUT2D eigenvalue weighted by Gasteiger charge is 2.09. The van der Waals surface area contributed by atoms with Crippen LogP contribution in [0.2, 0.25) is 0 Å². The average molecular weight is 275 g/mol. The van der Waals surface area contributed by atoms with Crippen molar-refractivity contribution in [3.05, 3.63) is 30.0 Å². The minimum absolute atomic E-state index is 0.266. The Morgan fingerprint density at radius 2 is 2.10 bits per heavy atom. The van der Waals surface area contributed by atoms with E-state index in [0.717, 1.165) is 31.7 Å². The Morgan fingerprint density at radius 3 is 2.85 bits per heavy atom. The van der Waals surface area contributed by atoms with E-state index in [4.69, 9.17) is 9.84 Å². The van der Waals surface area contributed by atoms with Gasteiger partial charge in [0.25, 0.3) is 0 Å². The molecule has 0 fully saturated rings. The molecule has 1 N–H and O–H groups in total. The van der Waals surface area contributed by atoms with Crippen LogP contribution in [0.5, 0.6) is 0 Å². The van der Waals surface area contributed by atoms with Gasteiger partial charge in [0.05, 0.1) is 30.5 Å². The highest BCUT2D eigenvalue weighted by atomic mass is 16.5. The molecule has 0 aliphatic carbocycles. The summed E-state index contributed by atoms with van der Waals surface area (Å²) in [6.07, 6.45) is 1.41. The number of aromatic nitrogens is 2. The number of hydrogen-bond acceptors (Lipinski definition) is 3. The van der Waals surface area contributed by atoms with E-state index in [9.17, 15) is 0 Å². The molecule has 0 aliphatic heterocycles. The molecular weight excluding hydrogens is 250 g/mol. The Balaban J connectivity index is 2.13. The van der Waals surface area contributed by atoms with Crippen molar-refractivity contribution in [2.75, 3.05) is 13.2 Å². The molecule has 0 atom stereocenters. The zero-order chi connectivity index (χ0) is 14.4. The standard InChI is InChI=1S/C16H25N3O/c1-4-9-17-12-15-14-7-5-6-8-16(14)19(18-15)10-11-20-13(2)3/h5-8,13,17H,4,9-12H2,1-3H3. The van der Waals surface area contributed by atoms with Gasteiger partial charge in [-0.15, -0.1) is 0 Å². The van der Waals surface area contributed by atoms with Gasteiger partial charge in [-0.2, -0.15) is 5.10 Å². The molecule has 2 rings (SSSR count). The van der Waals surface area contributed by atoms with E-state index in [2.05, 4.69) is 55.0 Å². The fourth-order valence-electron chi connectivity index (χ4n) is 2.26. The quantitative estimate of drug-likeness (QED) is 0.753. The largest absolute Gasteiger partial charge is 0.377 e. The molecule has 4 nitrogen and oxygen atoms in total. The van der Waals surface area contributed by atoms with Crippen molar-refractivity contribution in [2.24, 2.45) is 0 Å². The zero-order valence-corrected chi connectivity index (χ0v) is 12.7. The van der Waals surface area contributed by atoms with Crippen molar-refractivity contribution in [3.8, 4) is 0 Å². The fourth-order valence-corrected chi connectivity index (χ4v) is 2.26. The molecule has 1 aromatic heterocycles. The van der Waals surface area contributed by atoms with Crippen LogP contribution < -0.4 is 5.32 Å². The first kappa shape index (κ1) is 15.0. The van der Waals surface area contributed by atoms with Crippen molar-refractivity contribution in [2.45, 2.75) is 46.4 Å². The predicted octanol–water partition coefficient (Wildman–Crippen LogP) is 2.96. The minimum atomic E-state index is 0.266. The number of ether oxygens (including phenoxy) is 1. The molecular formula is C16H25N3O. The molecule has 0 amide bonds. The molecule has 0 aliphatic rings. The molecule has 110 valence electrons. The zero-order valence-electron chi connectivity index (χ0n) is 12.7. The second-order valence-electron chi connectivity index (χ2n) is 5.28. The highest BCUT2D eigenvalue weighted by molar-refractivity contribution is 5.81. The minimum Gasteiger partial charge on any atom is -0.377 e. The van der Waals surface area contributed by atoms with Gasteiger partial charge >= 0.3 is 0 Å². The van der Waals surface area contributed by atoms with Crippen LogP contribution in [0.4, 0.5) is 0 Å². The first-order chi connectivity index (χ1) is 9.72. The van der Waals surface area contributed by atoms with Gasteiger partial charge in [-0.05, 0) is 32.9 Å². The summed E-state index contributed by atoms with van der Waals surface area (Å²) < 4.78 is 7.68. The van der Waals surface area contributed by atoms with Crippen molar-refractivity contribution >= 4 is 10.9 Å². The third-order valence-electron chi connectivity index (χ3n) is 3.21. The third-order valence-corrected chi connectivity index (χ3v) is 3.21. The Kier molecular flexibility index (Phi) is 5.56. The molecule has 20 heavy (non-hydrogen) atoms. The number of hydrogen-bond donors (Lipinski definition) is 1. The van der Waals surface area contributed by atoms with E-state index in [0.29, 0.717) is 6.61 Å². The lowest BCUT2D eigenvalue weighted by Crippen LogP contribution is -2.15. The second-order valence-corrected chi connectivity index (χ2v) is 5.28. The number of para-hydroxylation sites is 1. The Labute approximate surface area is 121 Å². The van der Waals surface area contributed by atoms with Gasteiger partial charge in [0, 0.05) is 11.9 Å². The summed E-state index contributed by atoms with van der Waals surface area (Å²) in [4.78, 5) is 0. The maximum atomic E-state index is 5.63. The molecule has 0 bridgehead atoms. The first-order valence-corrected chi connectivity index (χ1v) is 7.49. The predicted molar refractivity (Wildman–Crippen MR) is 82.8 cm³/mol. The maximum Gasteiger partial charge on any atom is 0.0841 e. The van der Waals surface area contributed by atoms with E-state index >= 15 is 0 Å². The van der Waals surface area contributed by atoms with Crippen LogP contribution in [0.15, 0.2) is 24.3 Å². The van der Waals surface area contributed by atoms with Gasteiger partial charge in [0.2, 0.25) is 0 Å². The number of nitrogens with one attached hydrogen (secondary N) is 1. The number of rotatable bonds is 8. The molecule has 0 radical (unpaired) electrons. The summed E-state index contributed by atoms with van der Waals surface area (Å²) in [5, 5.41) is 9.39. The summed E-state index contributed by atoms with van der Waals surface area (Å²) in [7, 11) is 0. The van der Waals surface area contributed by atoms with Gasteiger partial charge in [-0.25, -0.2) is 0 Å². The Bertz CT molecular complexity index is 534. The third kappa shape index (κ3) is 3.81. The number of benzene rings is 1. The highest BCUT2D eigenvalue weighted by Crippen LogP contribution is 2.18. The van der Waals surface area contributed by atoms with Gasteiger partial charge in [0.1, 0.15) is 0 Å². The van der Waals surface area contributed by atoms with Crippen LogP contribution in [-0.4, -0.2) is 29.0 Å². The van der Waals surface area contributed by atoms with Gasteiger partial charge in [-0.3, -0.25) is 4.68 Å². The van der Waals surface area contributed by atoms with E-state index in [1.165, 1.54) is 10.9 Å². The van der Waals surface area contributed by atoms with E-state index in [1.807, 2.05) is 0 Å². The van der Waals surface area contributed by atoms with Crippen molar-refractivity contribution in [1.29, 1.82) is 0 Å². The molecule has 4 heteroatoms. The summed E-state index contributed by atoms with van der Waals surface area (Å²) >= 11 is 0. The Hall–Kier alpha value is -1.39. The van der Waals surface area contributed by atoms with Crippen molar-refractivity contribution in [3.63, 3.8) is 0 Å². The van der Waals surface area contributed by atoms with Gasteiger partial charge in [0.15, 0.2) is 0 Å². The van der Waals surface area contributed by atoms with Crippen LogP contribution in [0.3, 0.4) is 0 Å². The van der Waals surface area contributed by atoms with Crippen LogP contribution >= 0.6 is 0 Å². The average Bonchev–Trinajstić information content (AvgIpc) is 2.78. The second kappa shape index (κ2) is 7.41. The summed E-state index contributed by atoms with van der Waals surface area (Å²) in [6, 6.07) is 8.40. The molecule has 2 aromatic rings. The smallest absolute Gasteiger partial charge is 0.0841 e. The first-order valence-electron chi connectivity index (χ1n) is 7.49. The number of fused-ring (bicyclic) bond motifs is 1. The molecule has 1 aromatic carbocycles. The molecule has 0 unspecified atom stereocenters. The van der Waals surface area contributed by atoms with E-state index < -0.39 is 0 Å². The fraction of sp³-hybridized carbons (Fsp3) is 0.562. The summed E-state index contributed by atoms with van der Waals surface area (Å²) in [5.41, 5.74) is 2.31. The molecule has 0 saturated carbocycles. The van der Waals surface area contributed by atoms with E-state index in [1.54, 1.807) is 0 Å². The molecule has 0 spiro atoms. The topological polar surface area (TPSA) is 39.1 Å². The summed E-state index contributed by atoms with van der Waals surface area (Å²) in [5.74, 6) is 0. The SMILES string of the molecule is CCCNCc1nn(CCOC(C)C)c2ccccc12. The van der Waals surface area contributed by atoms with Crippen LogP contribution in [0, 0.1) is 0 Å². The Morgan fingerprint density at radius 1 is 1.30 bits per heavy atom. The van der Waals surface area contributed by atoms with Crippen LogP contribution in [0.25, 0.3) is 10.9 Å². The van der Waals surface area contributed by atoms with E-state index in [-0.39, 0.29) is 6.10 Å². The van der Waals surface area contributed by atoms with Crippen molar-refractivity contribution in [1.82, 2.24) is 15.1 Å². The lowest BCUT2D eigenvalue weighted by Gasteiger charge is -2.08.